The molecule has 0 aliphatic heterocycles. The molecule has 0 aliphatic rings. The molecule has 0 atom stereocenters. The second-order valence-corrected chi connectivity index (χ2v) is 4.14. The van der Waals surface area contributed by atoms with Gasteiger partial charge in [-0.25, -0.2) is 0 Å². The Morgan fingerprint density at radius 2 is 2.00 bits per heavy atom. The number of rotatable bonds is 5. The molecule has 0 radical (unpaired) electrons. The molecule has 3 nitrogen and oxygen atoms in total. The summed E-state index contributed by atoms with van der Waals surface area (Å²) in [6.45, 7) is 0.627. The fourth-order valence-corrected chi connectivity index (χ4v) is 1.50. The van der Waals surface area contributed by atoms with Crippen LogP contribution in [-0.4, -0.2) is 29.6 Å². The van der Waals surface area contributed by atoms with E-state index in [1.807, 2.05) is 24.3 Å². The molecule has 0 unspecified atom stereocenters. The van der Waals surface area contributed by atoms with E-state index in [0.717, 1.165) is 5.56 Å². The van der Waals surface area contributed by atoms with Crippen molar-refractivity contribution in [1.29, 1.82) is 0 Å². The van der Waals surface area contributed by atoms with Gasteiger partial charge in [0.25, 0.3) is 0 Å². The number of hydrogen-bond acceptors (Lipinski definition) is 2. The van der Waals surface area contributed by atoms with Crippen LogP contribution in [0.4, 0.5) is 0 Å². The van der Waals surface area contributed by atoms with Crippen molar-refractivity contribution in [3.8, 4) is 0 Å². The fourth-order valence-electron chi connectivity index (χ4n) is 1.37. The number of carbonyl (C=O) groups excluding carboxylic acids is 1. The molecule has 1 aromatic carbocycles. The number of nitrogens with zero attached hydrogens (tertiary/aromatic N) is 1. The number of aliphatic hydroxyl groups excluding tert-OH is 1. The van der Waals surface area contributed by atoms with Crippen molar-refractivity contribution in [2.75, 3.05) is 13.7 Å². The van der Waals surface area contributed by atoms with Crippen LogP contribution in [0.1, 0.15) is 18.4 Å². The summed E-state index contributed by atoms with van der Waals surface area (Å²) in [6.07, 6.45) is 0.907. The summed E-state index contributed by atoms with van der Waals surface area (Å²) in [5, 5.41) is 9.32. The molecule has 88 valence electrons. The second kappa shape index (κ2) is 6.51. The summed E-state index contributed by atoms with van der Waals surface area (Å²) in [6, 6.07) is 7.42. The SMILES string of the molecule is CN(Cc1ccc(Cl)cc1)C(=O)CCCO. The Morgan fingerprint density at radius 1 is 1.38 bits per heavy atom. The van der Waals surface area contributed by atoms with E-state index in [4.69, 9.17) is 16.7 Å². The highest BCUT2D eigenvalue weighted by Gasteiger charge is 2.08. The third-order valence-corrected chi connectivity index (χ3v) is 2.56. The van der Waals surface area contributed by atoms with Crippen LogP contribution in [0.15, 0.2) is 24.3 Å². The van der Waals surface area contributed by atoms with E-state index in [0.29, 0.717) is 24.4 Å². The Morgan fingerprint density at radius 3 is 2.56 bits per heavy atom. The van der Waals surface area contributed by atoms with E-state index < -0.39 is 0 Å². The molecule has 0 aromatic heterocycles. The van der Waals surface area contributed by atoms with Gasteiger partial charge in [-0.05, 0) is 24.1 Å². The third kappa shape index (κ3) is 4.21. The molecular formula is C12H16ClNO2. The van der Waals surface area contributed by atoms with Gasteiger partial charge in [0.2, 0.25) is 5.91 Å². The number of benzene rings is 1. The Bertz CT molecular complexity index is 337. The van der Waals surface area contributed by atoms with Gasteiger partial charge in [0, 0.05) is 31.6 Å². The van der Waals surface area contributed by atoms with Crippen LogP contribution in [-0.2, 0) is 11.3 Å². The van der Waals surface area contributed by atoms with Gasteiger partial charge in [0.05, 0.1) is 0 Å². The molecule has 0 bridgehead atoms. The maximum Gasteiger partial charge on any atom is 0.222 e. The second-order valence-electron chi connectivity index (χ2n) is 3.70. The first-order valence-corrected chi connectivity index (χ1v) is 5.60. The van der Waals surface area contributed by atoms with Crippen molar-refractivity contribution in [2.24, 2.45) is 0 Å². The lowest BCUT2D eigenvalue weighted by Gasteiger charge is -2.17. The number of amides is 1. The van der Waals surface area contributed by atoms with E-state index >= 15 is 0 Å². The van der Waals surface area contributed by atoms with Crippen molar-refractivity contribution in [1.82, 2.24) is 4.90 Å². The Hall–Kier alpha value is -1.06. The summed E-state index contributed by atoms with van der Waals surface area (Å²) < 4.78 is 0. The predicted molar refractivity (Wildman–Crippen MR) is 64.2 cm³/mol. The van der Waals surface area contributed by atoms with E-state index in [9.17, 15) is 4.79 Å². The van der Waals surface area contributed by atoms with Gasteiger partial charge in [0.15, 0.2) is 0 Å². The molecule has 0 fully saturated rings. The molecule has 16 heavy (non-hydrogen) atoms. The number of hydrogen-bond donors (Lipinski definition) is 1. The Labute approximate surface area is 101 Å². The Kier molecular flexibility index (Phi) is 5.29. The zero-order valence-electron chi connectivity index (χ0n) is 9.32. The average molecular weight is 242 g/mol. The van der Waals surface area contributed by atoms with Gasteiger partial charge in [-0.2, -0.15) is 0 Å². The highest BCUT2D eigenvalue weighted by molar-refractivity contribution is 6.30. The zero-order valence-corrected chi connectivity index (χ0v) is 10.1. The maximum absolute atomic E-state index is 11.6. The third-order valence-electron chi connectivity index (χ3n) is 2.31. The van der Waals surface area contributed by atoms with Crippen molar-refractivity contribution in [3.05, 3.63) is 34.9 Å². The maximum atomic E-state index is 11.6. The van der Waals surface area contributed by atoms with Crippen LogP contribution in [0.25, 0.3) is 0 Å². The molecule has 1 amide bonds. The van der Waals surface area contributed by atoms with Crippen LogP contribution in [0.5, 0.6) is 0 Å². The average Bonchev–Trinajstić information content (AvgIpc) is 2.29. The minimum atomic E-state index is 0.0454. The number of aliphatic hydroxyl groups is 1. The molecule has 0 spiro atoms. The molecule has 1 aromatic rings. The first kappa shape index (κ1) is 13.0. The van der Waals surface area contributed by atoms with Gasteiger partial charge >= 0.3 is 0 Å². The van der Waals surface area contributed by atoms with E-state index in [2.05, 4.69) is 0 Å². The first-order chi connectivity index (χ1) is 7.63. The lowest BCUT2D eigenvalue weighted by Crippen LogP contribution is -2.26. The molecular weight excluding hydrogens is 226 g/mol. The van der Waals surface area contributed by atoms with Crippen LogP contribution in [0.2, 0.25) is 5.02 Å². The summed E-state index contributed by atoms with van der Waals surface area (Å²) in [5.74, 6) is 0.0454. The van der Waals surface area contributed by atoms with Gasteiger partial charge in [0.1, 0.15) is 0 Å². The summed E-state index contributed by atoms with van der Waals surface area (Å²) in [4.78, 5) is 13.2. The lowest BCUT2D eigenvalue weighted by molar-refractivity contribution is -0.130. The van der Waals surface area contributed by atoms with Crippen molar-refractivity contribution in [2.45, 2.75) is 19.4 Å². The minimum absolute atomic E-state index is 0.0454. The van der Waals surface area contributed by atoms with E-state index in [1.54, 1.807) is 11.9 Å². The van der Waals surface area contributed by atoms with Crippen molar-refractivity contribution < 1.29 is 9.90 Å². The van der Waals surface area contributed by atoms with Gasteiger partial charge in [-0.3, -0.25) is 4.79 Å². The van der Waals surface area contributed by atoms with Gasteiger partial charge in [-0.1, -0.05) is 23.7 Å². The smallest absolute Gasteiger partial charge is 0.222 e. The minimum Gasteiger partial charge on any atom is -0.396 e. The molecule has 0 saturated heterocycles. The summed E-state index contributed by atoms with van der Waals surface area (Å²) in [7, 11) is 1.76. The standard InChI is InChI=1S/C12H16ClNO2/c1-14(12(16)3-2-8-15)9-10-4-6-11(13)7-5-10/h4-7,15H,2-3,8-9H2,1H3. The normalized spacial score (nSPS) is 10.2. The topological polar surface area (TPSA) is 40.5 Å². The largest absolute Gasteiger partial charge is 0.396 e. The first-order valence-electron chi connectivity index (χ1n) is 5.22. The van der Waals surface area contributed by atoms with Crippen molar-refractivity contribution >= 4 is 17.5 Å². The molecule has 0 saturated carbocycles. The van der Waals surface area contributed by atoms with Crippen LogP contribution in [0, 0.1) is 0 Å². The quantitative estimate of drug-likeness (QED) is 0.858. The summed E-state index contributed by atoms with van der Waals surface area (Å²) in [5.41, 5.74) is 1.05. The van der Waals surface area contributed by atoms with Gasteiger partial charge in [-0.15, -0.1) is 0 Å². The van der Waals surface area contributed by atoms with Crippen LogP contribution >= 0.6 is 11.6 Å². The number of halogens is 1. The van der Waals surface area contributed by atoms with E-state index in [-0.39, 0.29) is 12.5 Å². The predicted octanol–water partition coefficient (Wildman–Crippen LogP) is 2.07. The molecule has 0 aliphatic carbocycles. The highest BCUT2D eigenvalue weighted by Crippen LogP contribution is 2.11. The lowest BCUT2D eigenvalue weighted by atomic mass is 10.2. The Balaban J connectivity index is 2.47. The van der Waals surface area contributed by atoms with Crippen LogP contribution in [0.3, 0.4) is 0 Å². The molecule has 1 N–H and O–H groups in total. The van der Waals surface area contributed by atoms with Gasteiger partial charge < -0.3 is 10.0 Å². The van der Waals surface area contributed by atoms with Crippen molar-refractivity contribution in [3.63, 3.8) is 0 Å². The monoisotopic (exact) mass is 241 g/mol. The van der Waals surface area contributed by atoms with E-state index in [1.165, 1.54) is 0 Å². The molecule has 1 rings (SSSR count). The van der Waals surface area contributed by atoms with Crippen LogP contribution < -0.4 is 0 Å². The highest BCUT2D eigenvalue weighted by atomic mass is 35.5. The molecule has 4 heteroatoms. The zero-order chi connectivity index (χ0) is 12.0. The summed E-state index contributed by atoms with van der Waals surface area (Å²) >= 11 is 5.77. The fraction of sp³-hybridized carbons (Fsp3) is 0.417. The molecule has 0 heterocycles. The number of carbonyl (C=O) groups is 1.